The van der Waals surface area contributed by atoms with Gasteiger partial charge in [0.1, 0.15) is 11.4 Å². The lowest BCUT2D eigenvalue weighted by molar-refractivity contribution is 0.102. The van der Waals surface area contributed by atoms with E-state index in [2.05, 4.69) is 20.7 Å². The Bertz CT molecular complexity index is 875. The van der Waals surface area contributed by atoms with Crippen LogP contribution in [0.3, 0.4) is 0 Å². The highest BCUT2D eigenvalue weighted by Gasteiger charge is 2.22. The molecule has 0 spiro atoms. The highest BCUT2D eigenvalue weighted by atomic mass is 32.1. The van der Waals surface area contributed by atoms with Crippen molar-refractivity contribution < 1.29 is 4.79 Å². The summed E-state index contributed by atoms with van der Waals surface area (Å²) in [5, 5.41) is 14.3. The number of amides is 1. The molecular formula is C17H20N6OS. The normalized spacial score (nSPS) is 20.5. The number of nitrogens with one attached hydrogen (secondary N) is 2. The Morgan fingerprint density at radius 2 is 2.20 bits per heavy atom. The van der Waals surface area contributed by atoms with E-state index in [9.17, 15) is 4.79 Å². The third-order valence-electron chi connectivity index (χ3n) is 4.55. The molecule has 0 saturated heterocycles. The van der Waals surface area contributed by atoms with Crippen LogP contribution in [0, 0.1) is 0 Å². The van der Waals surface area contributed by atoms with Crippen LogP contribution in [0.25, 0.3) is 5.65 Å². The van der Waals surface area contributed by atoms with Gasteiger partial charge in [0.05, 0.1) is 11.9 Å². The zero-order valence-corrected chi connectivity index (χ0v) is 14.5. The van der Waals surface area contributed by atoms with E-state index in [1.807, 2.05) is 22.9 Å². The summed E-state index contributed by atoms with van der Waals surface area (Å²) >= 11 is 1.53. The summed E-state index contributed by atoms with van der Waals surface area (Å²) in [4.78, 5) is 17.1. The van der Waals surface area contributed by atoms with E-state index >= 15 is 0 Å². The van der Waals surface area contributed by atoms with E-state index in [1.54, 1.807) is 16.9 Å². The lowest BCUT2D eigenvalue weighted by atomic mass is 9.91. The van der Waals surface area contributed by atoms with Gasteiger partial charge in [0.25, 0.3) is 5.91 Å². The molecule has 1 aliphatic rings. The molecular weight excluding hydrogens is 336 g/mol. The number of thiophene rings is 1. The zero-order valence-electron chi connectivity index (χ0n) is 13.7. The largest absolute Gasteiger partial charge is 0.366 e. The van der Waals surface area contributed by atoms with E-state index in [4.69, 9.17) is 5.73 Å². The Morgan fingerprint density at radius 1 is 1.32 bits per heavy atom. The molecule has 2 atom stereocenters. The second-order valence-corrected chi connectivity index (χ2v) is 7.08. The molecule has 8 heteroatoms. The Balaban J connectivity index is 1.57. The van der Waals surface area contributed by atoms with Crippen LogP contribution in [0.5, 0.6) is 0 Å². The third kappa shape index (κ3) is 3.35. The molecule has 25 heavy (non-hydrogen) atoms. The first-order valence-electron chi connectivity index (χ1n) is 8.41. The number of hydrogen-bond acceptors (Lipinski definition) is 6. The zero-order chi connectivity index (χ0) is 17.2. The second kappa shape index (κ2) is 6.81. The van der Waals surface area contributed by atoms with Crippen molar-refractivity contribution in [3.05, 3.63) is 40.8 Å². The average Bonchev–Trinajstić information content (AvgIpc) is 3.26. The number of nitrogens with zero attached hydrogens (tertiary/aromatic N) is 3. The molecule has 4 N–H and O–H groups in total. The molecule has 1 aliphatic carbocycles. The van der Waals surface area contributed by atoms with Crippen LogP contribution in [-0.2, 0) is 0 Å². The van der Waals surface area contributed by atoms with Crippen LogP contribution in [0.4, 0.5) is 11.5 Å². The summed E-state index contributed by atoms with van der Waals surface area (Å²) in [6.45, 7) is 0. The SMILES string of the molecule is N[C@H]1CCCC[C@H]1Nc1ccn2ncc(C(=O)Nc3ccsc3)c2n1. The van der Waals surface area contributed by atoms with Crippen LogP contribution >= 0.6 is 11.3 Å². The van der Waals surface area contributed by atoms with Crippen LogP contribution in [0.1, 0.15) is 36.0 Å². The van der Waals surface area contributed by atoms with Crippen LogP contribution < -0.4 is 16.4 Å². The standard InChI is InChI=1S/C17H20N6OS/c18-13-3-1-2-4-14(13)21-15-5-7-23-16(22-15)12(9-19-23)17(24)20-11-6-8-25-10-11/h5-10,13-14H,1-4,18H2,(H,20,24)(H,21,22)/t13-,14+/m0/s1. The number of carbonyl (C=O) groups is 1. The number of fused-ring (bicyclic) bond motifs is 1. The molecule has 1 fully saturated rings. The van der Waals surface area contributed by atoms with Gasteiger partial charge in [-0.15, -0.1) is 0 Å². The molecule has 3 aromatic heterocycles. The van der Waals surface area contributed by atoms with Gasteiger partial charge in [0, 0.05) is 23.7 Å². The minimum Gasteiger partial charge on any atom is -0.366 e. The van der Waals surface area contributed by atoms with Crippen molar-refractivity contribution in [1.82, 2.24) is 14.6 Å². The molecule has 1 amide bonds. The predicted octanol–water partition coefficient (Wildman–Crippen LogP) is 2.72. The molecule has 3 aromatic rings. The Hall–Kier alpha value is -2.45. The van der Waals surface area contributed by atoms with Crippen molar-refractivity contribution in [3.8, 4) is 0 Å². The lowest BCUT2D eigenvalue weighted by Crippen LogP contribution is -2.42. The van der Waals surface area contributed by atoms with Gasteiger partial charge in [-0.1, -0.05) is 12.8 Å². The van der Waals surface area contributed by atoms with Gasteiger partial charge in [-0.2, -0.15) is 16.4 Å². The molecule has 0 unspecified atom stereocenters. The fraction of sp³-hybridized carbons (Fsp3) is 0.353. The number of nitrogens with two attached hydrogens (primary N) is 1. The van der Waals surface area contributed by atoms with E-state index in [-0.39, 0.29) is 18.0 Å². The fourth-order valence-electron chi connectivity index (χ4n) is 3.17. The summed E-state index contributed by atoms with van der Waals surface area (Å²) < 4.78 is 1.61. The van der Waals surface area contributed by atoms with Gasteiger partial charge in [-0.25, -0.2) is 9.50 Å². The van der Waals surface area contributed by atoms with Gasteiger partial charge < -0.3 is 16.4 Å². The van der Waals surface area contributed by atoms with Crippen molar-refractivity contribution in [2.75, 3.05) is 10.6 Å². The molecule has 3 heterocycles. The number of rotatable bonds is 4. The molecule has 7 nitrogen and oxygen atoms in total. The monoisotopic (exact) mass is 356 g/mol. The molecule has 1 saturated carbocycles. The summed E-state index contributed by atoms with van der Waals surface area (Å²) in [6.07, 6.45) is 7.77. The highest BCUT2D eigenvalue weighted by molar-refractivity contribution is 7.08. The Labute approximate surface area is 149 Å². The highest BCUT2D eigenvalue weighted by Crippen LogP contribution is 2.21. The van der Waals surface area contributed by atoms with Crippen LogP contribution in [0.15, 0.2) is 35.3 Å². The minimum absolute atomic E-state index is 0.137. The van der Waals surface area contributed by atoms with E-state index < -0.39 is 0 Å². The average molecular weight is 356 g/mol. The molecule has 0 aliphatic heterocycles. The summed E-state index contributed by atoms with van der Waals surface area (Å²) in [7, 11) is 0. The number of carbonyl (C=O) groups excluding carboxylic acids is 1. The van der Waals surface area contributed by atoms with Crippen LogP contribution in [-0.4, -0.2) is 32.6 Å². The Kier molecular flexibility index (Phi) is 4.37. The summed E-state index contributed by atoms with van der Waals surface area (Å²) in [6, 6.07) is 4.08. The number of hydrogen-bond donors (Lipinski definition) is 3. The maximum absolute atomic E-state index is 12.5. The Morgan fingerprint density at radius 3 is 3.00 bits per heavy atom. The van der Waals surface area contributed by atoms with E-state index in [0.717, 1.165) is 24.3 Å². The van der Waals surface area contributed by atoms with Gasteiger partial charge in [-0.05, 0) is 30.4 Å². The molecule has 4 rings (SSSR count). The van der Waals surface area contributed by atoms with Crippen LogP contribution in [0.2, 0.25) is 0 Å². The summed E-state index contributed by atoms with van der Waals surface area (Å²) in [5.41, 5.74) is 7.95. The second-order valence-electron chi connectivity index (χ2n) is 6.30. The van der Waals surface area contributed by atoms with Crippen molar-refractivity contribution in [3.63, 3.8) is 0 Å². The number of aromatic nitrogens is 3. The minimum atomic E-state index is -0.215. The predicted molar refractivity (Wildman–Crippen MR) is 99.1 cm³/mol. The van der Waals surface area contributed by atoms with Crippen molar-refractivity contribution in [1.29, 1.82) is 0 Å². The van der Waals surface area contributed by atoms with Gasteiger partial charge >= 0.3 is 0 Å². The van der Waals surface area contributed by atoms with E-state index in [1.165, 1.54) is 24.2 Å². The lowest BCUT2D eigenvalue weighted by Gasteiger charge is -2.29. The maximum atomic E-state index is 12.5. The fourth-order valence-corrected chi connectivity index (χ4v) is 3.76. The first-order valence-corrected chi connectivity index (χ1v) is 9.35. The van der Waals surface area contributed by atoms with E-state index in [0.29, 0.717) is 11.2 Å². The third-order valence-corrected chi connectivity index (χ3v) is 5.23. The summed E-state index contributed by atoms with van der Waals surface area (Å²) in [5.74, 6) is 0.507. The topological polar surface area (TPSA) is 97.3 Å². The first-order chi connectivity index (χ1) is 12.2. The maximum Gasteiger partial charge on any atom is 0.261 e. The smallest absolute Gasteiger partial charge is 0.261 e. The number of anilines is 2. The quantitative estimate of drug-likeness (QED) is 0.668. The van der Waals surface area contributed by atoms with Gasteiger partial charge in [0.15, 0.2) is 5.65 Å². The molecule has 0 aromatic carbocycles. The van der Waals surface area contributed by atoms with Gasteiger partial charge in [-0.3, -0.25) is 4.79 Å². The van der Waals surface area contributed by atoms with Crippen molar-refractivity contribution >= 4 is 34.4 Å². The van der Waals surface area contributed by atoms with Gasteiger partial charge in [0.2, 0.25) is 0 Å². The van der Waals surface area contributed by atoms with Crippen molar-refractivity contribution in [2.45, 2.75) is 37.8 Å². The first kappa shape index (κ1) is 16.0. The molecule has 130 valence electrons. The van der Waals surface area contributed by atoms with Crippen molar-refractivity contribution in [2.24, 2.45) is 5.73 Å². The molecule has 0 bridgehead atoms. The molecule has 0 radical (unpaired) electrons.